The number of carbonyl (C=O) groups excluding carboxylic acids is 2. The summed E-state index contributed by atoms with van der Waals surface area (Å²) in [5.41, 5.74) is 0.403. The van der Waals surface area contributed by atoms with E-state index in [0.29, 0.717) is 0 Å². The molecular weight excluding hydrogens is 288 g/mol. The van der Waals surface area contributed by atoms with Crippen molar-refractivity contribution in [3.8, 4) is 0 Å². The van der Waals surface area contributed by atoms with E-state index in [1.54, 1.807) is 6.92 Å². The number of alkyl halides is 2. The Hall–Kier alpha value is -1.74. The number of nitrogens with zero attached hydrogens (tertiary/aromatic N) is 1. The van der Waals surface area contributed by atoms with E-state index >= 15 is 0 Å². The second-order valence-electron chi connectivity index (χ2n) is 4.34. The van der Waals surface area contributed by atoms with Gasteiger partial charge in [-0.2, -0.15) is 0 Å². The van der Waals surface area contributed by atoms with Gasteiger partial charge in [-0.15, -0.1) is 0 Å². The van der Waals surface area contributed by atoms with Gasteiger partial charge in [0.25, 0.3) is 6.43 Å². The molecule has 0 fully saturated rings. The van der Waals surface area contributed by atoms with Crippen LogP contribution in [0.2, 0.25) is 0 Å². The molecule has 0 bridgehead atoms. The average molecular weight is 307 g/mol. The highest BCUT2D eigenvalue weighted by molar-refractivity contribution is 5.93. The Balaban J connectivity index is 2.88. The van der Waals surface area contributed by atoms with Crippen LogP contribution < -0.4 is 10.6 Å². The zero-order chi connectivity index (χ0) is 15.8. The summed E-state index contributed by atoms with van der Waals surface area (Å²) in [6.07, 6.45) is -2.58. The van der Waals surface area contributed by atoms with Crippen LogP contribution in [0.3, 0.4) is 0 Å². The normalized spacial score (nSPS) is 15.2. The maximum atomic E-state index is 12.5. The van der Waals surface area contributed by atoms with Gasteiger partial charge in [-0.05, 0) is 6.92 Å². The molecule has 120 valence electrons. The number of halogens is 2. The third-order valence-corrected chi connectivity index (χ3v) is 2.77. The van der Waals surface area contributed by atoms with E-state index in [1.165, 1.54) is 4.90 Å². The van der Waals surface area contributed by atoms with Crippen molar-refractivity contribution in [1.29, 1.82) is 0 Å². The number of ether oxygens (including phenoxy) is 1. The van der Waals surface area contributed by atoms with E-state index in [2.05, 4.69) is 10.6 Å². The minimum absolute atomic E-state index is 0.00719. The van der Waals surface area contributed by atoms with Crippen molar-refractivity contribution in [2.24, 2.45) is 0 Å². The zero-order valence-electron chi connectivity index (χ0n) is 11.7. The molecule has 7 nitrogen and oxygen atoms in total. The fraction of sp³-hybridized carbons (Fsp3) is 0.667. The van der Waals surface area contributed by atoms with Crippen LogP contribution in [0.15, 0.2) is 11.3 Å². The number of aliphatic hydroxyl groups excluding tert-OH is 1. The van der Waals surface area contributed by atoms with Crippen molar-refractivity contribution in [1.82, 2.24) is 15.5 Å². The Kier molecular flexibility index (Phi) is 7.03. The molecule has 0 aromatic rings. The second kappa shape index (κ2) is 8.53. The van der Waals surface area contributed by atoms with Gasteiger partial charge in [-0.1, -0.05) is 0 Å². The molecule has 9 heteroatoms. The highest BCUT2D eigenvalue weighted by Gasteiger charge is 2.25. The first-order valence-electron chi connectivity index (χ1n) is 6.53. The minimum atomic E-state index is -2.58. The largest absolute Gasteiger partial charge is 0.463 e. The number of amides is 2. The number of hydrogen-bond donors (Lipinski definition) is 3. The van der Waals surface area contributed by atoms with Crippen molar-refractivity contribution in [3.05, 3.63) is 11.3 Å². The summed E-state index contributed by atoms with van der Waals surface area (Å²) < 4.78 is 29.8. The molecule has 2 amide bonds. The quantitative estimate of drug-likeness (QED) is 0.535. The summed E-state index contributed by atoms with van der Waals surface area (Å²) in [5, 5.41) is 13.7. The molecule has 21 heavy (non-hydrogen) atoms. The molecule has 0 saturated heterocycles. The molecule has 0 aromatic carbocycles. The van der Waals surface area contributed by atoms with Gasteiger partial charge in [0, 0.05) is 18.8 Å². The minimum Gasteiger partial charge on any atom is -0.463 e. The molecule has 1 aliphatic heterocycles. The highest BCUT2D eigenvalue weighted by Crippen LogP contribution is 2.11. The topological polar surface area (TPSA) is 90.9 Å². The lowest BCUT2D eigenvalue weighted by Crippen LogP contribution is -2.47. The predicted molar refractivity (Wildman–Crippen MR) is 69.7 cm³/mol. The third kappa shape index (κ3) is 5.64. The standard InChI is InChI=1S/C12H19F2N3O4/c1-2-21-11(19)8-5-15-12(20)16-9(8)6-17(3-4-18)7-10(13)14/h10,18H,2-7H2,1H3,(H2,15,16,20). The summed E-state index contributed by atoms with van der Waals surface area (Å²) in [7, 11) is 0. The molecule has 1 heterocycles. The van der Waals surface area contributed by atoms with Crippen LogP contribution >= 0.6 is 0 Å². The van der Waals surface area contributed by atoms with Gasteiger partial charge >= 0.3 is 12.0 Å². The maximum absolute atomic E-state index is 12.5. The van der Waals surface area contributed by atoms with Crippen LogP contribution in [0.5, 0.6) is 0 Å². The van der Waals surface area contributed by atoms with E-state index in [4.69, 9.17) is 9.84 Å². The van der Waals surface area contributed by atoms with Gasteiger partial charge in [0.2, 0.25) is 0 Å². The van der Waals surface area contributed by atoms with Crippen LogP contribution in [-0.2, 0) is 9.53 Å². The highest BCUT2D eigenvalue weighted by atomic mass is 19.3. The van der Waals surface area contributed by atoms with Gasteiger partial charge in [0.05, 0.1) is 31.9 Å². The number of esters is 1. The third-order valence-electron chi connectivity index (χ3n) is 2.77. The molecule has 0 aromatic heterocycles. The number of aliphatic hydroxyl groups is 1. The molecule has 0 saturated carbocycles. The molecule has 0 atom stereocenters. The van der Waals surface area contributed by atoms with Crippen LogP contribution in [0, 0.1) is 0 Å². The molecule has 3 N–H and O–H groups in total. The Morgan fingerprint density at radius 1 is 1.52 bits per heavy atom. The van der Waals surface area contributed by atoms with Gasteiger partial charge in [-0.3, -0.25) is 4.90 Å². The van der Waals surface area contributed by atoms with Crippen molar-refractivity contribution in [3.63, 3.8) is 0 Å². The van der Waals surface area contributed by atoms with Gasteiger partial charge in [0.1, 0.15) is 0 Å². The number of urea groups is 1. The summed E-state index contributed by atoms with van der Waals surface area (Å²) in [4.78, 5) is 24.4. The summed E-state index contributed by atoms with van der Waals surface area (Å²) in [6.45, 7) is 0.842. The summed E-state index contributed by atoms with van der Waals surface area (Å²) in [5.74, 6) is -0.610. The number of nitrogens with one attached hydrogen (secondary N) is 2. The predicted octanol–water partition coefficient (Wildman–Crippen LogP) is -0.324. The fourth-order valence-corrected chi connectivity index (χ4v) is 1.88. The Bertz CT molecular complexity index is 415. The van der Waals surface area contributed by atoms with E-state index in [-0.39, 0.29) is 44.1 Å². The average Bonchev–Trinajstić information content (AvgIpc) is 2.38. The van der Waals surface area contributed by atoms with Crippen LogP contribution in [0.25, 0.3) is 0 Å². The molecular formula is C12H19F2N3O4. The van der Waals surface area contributed by atoms with E-state index in [0.717, 1.165) is 0 Å². The molecule has 1 aliphatic rings. The number of hydrogen-bond acceptors (Lipinski definition) is 5. The smallest absolute Gasteiger partial charge is 0.337 e. The first-order chi connectivity index (χ1) is 9.97. The molecule has 0 aliphatic carbocycles. The number of carbonyl (C=O) groups is 2. The Morgan fingerprint density at radius 2 is 2.24 bits per heavy atom. The van der Waals surface area contributed by atoms with Crippen molar-refractivity contribution in [2.75, 3.05) is 39.4 Å². The molecule has 1 rings (SSSR count). The first-order valence-corrected chi connectivity index (χ1v) is 6.53. The molecule has 0 spiro atoms. The number of rotatable bonds is 8. The van der Waals surface area contributed by atoms with Crippen molar-refractivity contribution < 1.29 is 28.2 Å². The molecule has 0 radical (unpaired) electrons. The van der Waals surface area contributed by atoms with Gasteiger partial charge < -0.3 is 20.5 Å². The van der Waals surface area contributed by atoms with E-state index < -0.39 is 25.0 Å². The SMILES string of the molecule is CCOC(=O)C1=C(CN(CCO)CC(F)F)NC(=O)NC1. The lowest BCUT2D eigenvalue weighted by Gasteiger charge is -2.27. The fourth-order valence-electron chi connectivity index (χ4n) is 1.88. The van der Waals surface area contributed by atoms with E-state index in [9.17, 15) is 18.4 Å². The lowest BCUT2D eigenvalue weighted by atomic mass is 10.1. The summed E-state index contributed by atoms with van der Waals surface area (Å²) in [6, 6.07) is -0.515. The van der Waals surface area contributed by atoms with Crippen molar-refractivity contribution in [2.45, 2.75) is 13.3 Å². The maximum Gasteiger partial charge on any atom is 0.337 e. The van der Waals surface area contributed by atoms with Crippen LogP contribution in [-0.4, -0.2) is 67.8 Å². The summed E-state index contributed by atoms with van der Waals surface area (Å²) >= 11 is 0. The van der Waals surface area contributed by atoms with Gasteiger partial charge in [0.15, 0.2) is 0 Å². The van der Waals surface area contributed by atoms with E-state index in [1.807, 2.05) is 0 Å². The van der Waals surface area contributed by atoms with Crippen molar-refractivity contribution >= 4 is 12.0 Å². The first kappa shape index (κ1) is 17.3. The van der Waals surface area contributed by atoms with Crippen LogP contribution in [0.4, 0.5) is 13.6 Å². The van der Waals surface area contributed by atoms with Crippen LogP contribution in [0.1, 0.15) is 6.92 Å². The van der Waals surface area contributed by atoms with Gasteiger partial charge in [-0.25, -0.2) is 18.4 Å². The second-order valence-corrected chi connectivity index (χ2v) is 4.34. The molecule has 0 unspecified atom stereocenters. The lowest BCUT2D eigenvalue weighted by molar-refractivity contribution is -0.138. The monoisotopic (exact) mass is 307 g/mol. The zero-order valence-corrected chi connectivity index (χ0v) is 11.7. The Labute approximate surface area is 120 Å². The Morgan fingerprint density at radius 3 is 2.81 bits per heavy atom.